The molecule has 4 rings (SSSR count). The van der Waals surface area contributed by atoms with Crippen molar-refractivity contribution in [3.8, 4) is 0 Å². The van der Waals surface area contributed by atoms with Gasteiger partial charge >= 0.3 is 0 Å². The molecule has 2 aliphatic rings. The number of hydrogen-bond acceptors (Lipinski definition) is 1. The second-order valence-corrected chi connectivity index (χ2v) is 7.51. The SMILES string of the molecule is ClCCc1nc2cc(Br)ccc2n1C1CC2CCC1C2. The van der Waals surface area contributed by atoms with Gasteiger partial charge in [-0.2, -0.15) is 0 Å². The highest BCUT2D eigenvalue weighted by Gasteiger charge is 2.41. The van der Waals surface area contributed by atoms with Gasteiger partial charge in [0.25, 0.3) is 0 Å². The normalized spacial score (nSPS) is 28.6. The monoisotopic (exact) mass is 352 g/mol. The summed E-state index contributed by atoms with van der Waals surface area (Å²) in [5.41, 5.74) is 2.38. The summed E-state index contributed by atoms with van der Waals surface area (Å²) < 4.78 is 3.61. The largest absolute Gasteiger partial charge is 0.325 e. The second-order valence-electron chi connectivity index (χ2n) is 6.21. The van der Waals surface area contributed by atoms with Crippen LogP contribution in [0.15, 0.2) is 22.7 Å². The summed E-state index contributed by atoms with van der Waals surface area (Å²) in [4.78, 5) is 4.84. The third-order valence-electron chi connectivity index (χ3n) is 5.08. The highest BCUT2D eigenvalue weighted by atomic mass is 79.9. The smallest absolute Gasteiger partial charge is 0.111 e. The number of aromatic nitrogens is 2. The van der Waals surface area contributed by atoms with E-state index in [0.717, 1.165) is 28.2 Å². The number of imidazole rings is 1. The lowest BCUT2D eigenvalue weighted by molar-refractivity contribution is 0.329. The molecule has 2 bridgehead atoms. The molecular formula is C16H18BrClN2. The molecule has 0 saturated heterocycles. The highest BCUT2D eigenvalue weighted by Crippen LogP contribution is 2.51. The number of aryl methyl sites for hydroxylation is 1. The second kappa shape index (κ2) is 5.03. The van der Waals surface area contributed by atoms with E-state index in [4.69, 9.17) is 16.6 Å². The topological polar surface area (TPSA) is 17.8 Å². The molecular weight excluding hydrogens is 336 g/mol. The summed E-state index contributed by atoms with van der Waals surface area (Å²) in [6.45, 7) is 0. The van der Waals surface area contributed by atoms with Gasteiger partial charge in [0.2, 0.25) is 0 Å². The third kappa shape index (κ3) is 2.01. The summed E-state index contributed by atoms with van der Waals surface area (Å²) in [6.07, 6.45) is 6.44. The van der Waals surface area contributed by atoms with E-state index in [1.807, 2.05) is 0 Å². The first-order chi connectivity index (χ1) is 9.76. The first kappa shape index (κ1) is 13.1. The fourth-order valence-corrected chi connectivity index (χ4v) is 4.80. The van der Waals surface area contributed by atoms with Gasteiger partial charge in [0, 0.05) is 22.8 Å². The molecule has 2 nitrogen and oxygen atoms in total. The van der Waals surface area contributed by atoms with Crippen molar-refractivity contribution in [3.05, 3.63) is 28.5 Å². The van der Waals surface area contributed by atoms with E-state index in [2.05, 4.69) is 38.7 Å². The van der Waals surface area contributed by atoms with E-state index in [0.29, 0.717) is 11.9 Å². The maximum Gasteiger partial charge on any atom is 0.111 e. The molecule has 3 unspecified atom stereocenters. The average Bonchev–Trinajstić information content (AvgIpc) is 3.11. The van der Waals surface area contributed by atoms with Crippen LogP contribution in [-0.2, 0) is 6.42 Å². The molecule has 0 aliphatic heterocycles. The van der Waals surface area contributed by atoms with Crippen molar-refractivity contribution in [2.75, 3.05) is 5.88 Å². The lowest BCUT2D eigenvalue weighted by Gasteiger charge is -2.25. The molecule has 2 fully saturated rings. The van der Waals surface area contributed by atoms with E-state index in [-0.39, 0.29) is 0 Å². The van der Waals surface area contributed by atoms with Gasteiger partial charge in [0.15, 0.2) is 0 Å². The van der Waals surface area contributed by atoms with Crippen LogP contribution in [0.25, 0.3) is 11.0 Å². The molecule has 0 radical (unpaired) electrons. The lowest BCUT2D eigenvalue weighted by atomic mass is 9.95. The van der Waals surface area contributed by atoms with E-state index < -0.39 is 0 Å². The zero-order valence-corrected chi connectivity index (χ0v) is 13.7. The Hall–Kier alpha value is -0.540. The minimum absolute atomic E-state index is 0.644. The highest BCUT2D eigenvalue weighted by molar-refractivity contribution is 9.10. The van der Waals surface area contributed by atoms with Crippen molar-refractivity contribution < 1.29 is 0 Å². The lowest BCUT2D eigenvalue weighted by Crippen LogP contribution is -2.18. The third-order valence-corrected chi connectivity index (χ3v) is 5.76. The Labute approximate surface area is 132 Å². The molecule has 4 heteroatoms. The molecule has 3 atom stereocenters. The van der Waals surface area contributed by atoms with Gasteiger partial charge in [-0.3, -0.25) is 0 Å². The van der Waals surface area contributed by atoms with Crippen LogP contribution in [0, 0.1) is 11.8 Å². The Morgan fingerprint density at radius 3 is 2.90 bits per heavy atom. The fourth-order valence-electron chi connectivity index (χ4n) is 4.28. The van der Waals surface area contributed by atoms with Gasteiger partial charge in [-0.1, -0.05) is 22.4 Å². The van der Waals surface area contributed by atoms with Crippen LogP contribution in [-0.4, -0.2) is 15.4 Å². The number of hydrogen-bond donors (Lipinski definition) is 0. The van der Waals surface area contributed by atoms with Crippen LogP contribution in [0.4, 0.5) is 0 Å². The molecule has 1 aromatic heterocycles. The Bertz CT molecular complexity index is 651. The van der Waals surface area contributed by atoms with Crippen molar-refractivity contribution in [1.82, 2.24) is 9.55 Å². The molecule has 1 heterocycles. The predicted octanol–water partition coefficient (Wildman–Crippen LogP) is 4.94. The van der Waals surface area contributed by atoms with Crippen molar-refractivity contribution in [1.29, 1.82) is 0 Å². The van der Waals surface area contributed by atoms with Crippen LogP contribution in [0.5, 0.6) is 0 Å². The van der Waals surface area contributed by atoms with Crippen molar-refractivity contribution in [3.63, 3.8) is 0 Å². The predicted molar refractivity (Wildman–Crippen MR) is 86.3 cm³/mol. The first-order valence-corrected chi connectivity index (χ1v) is 8.81. The Morgan fingerprint density at radius 1 is 1.30 bits per heavy atom. The quantitative estimate of drug-likeness (QED) is 0.715. The average molecular weight is 354 g/mol. The maximum atomic E-state index is 5.99. The molecule has 106 valence electrons. The number of alkyl halides is 1. The molecule has 0 spiro atoms. The minimum Gasteiger partial charge on any atom is -0.325 e. The number of nitrogens with zero attached hydrogens (tertiary/aromatic N) is 2. The Balaban J connectivity index is 1.85. The molecule has 1 aromatic carbocycles. The van der Waals surface area contributed by atoms with E-state index in [1.165, 1.54) is 37.0 Å². The summed E-state index contributed by atoms with van der Waals surface area (Å²) in [5.74, 6) is 3.62. The van der Waals surface area contributed by atoms with E-state index in [9.17, 15) is 0 Å². The van der Waals surface area contributed by atoms with Crippen molar-refractivity contribution in [2.45, 2.75) is 38.1 Å². The zero-order valence-electron chi connectivity index (χ0n) is 11.4. The van der Waals surface area contributed by atoms with E-state index in [1.54, 1.807) is 0 Å². The summed E-state index contributed by atoms with van der Waals surface area (Å²) in [5, 5.41) is 0. The van der Waals surface area contributed by atoms with Crippen LogP contribution < -0.4 is 0 Å². The first-order valence-electron chi connectivity index (χ1n) is 7.48. The van der Waals surface area contributed by atoms with Gasteiger partial charge < -0.3 is 4.57 Å². The van der Waals surface area contributed by atoms with Gasteiger partial charge in [0.1, 0.15) is 5.82 Å². The number of fused-ring (bicyclic) bond motifs is 3. The van der Waals surface area contributed by atoms with Crippen LogP contribution in [0.1, 0.15) is 37.5 Å². The standard InChI is InChI=1S/C16H18BrClN2/c17-12-3-4-14-13(9-12)19-16(5-6-18)20(14)15-8-10-1-2-11(15)7-10/h3-4,9-11,15H,1-2,5-8H2. The van der Waals surface area contributed by atoms with Crippen LogP contribution in [0.2, 0.25) is 0 Å². The van der Waals surface area contributed by atoms with E-state index >= 15 is 0 Å². The Morgan fingerprint density at radius 2 is 2.20 bits per heavy atom. The summed E-state index contributed by atoms with van der Waals surface area (Å²) in [6, 6.07) is 7.10. The number of rotatable bonds is 3. The zero-order chi connectivity index (χ0) is 13.7. The van der Waals surface area contributed by atoms with Crippen LogP contribution >= 0.6 is 27.5 Å². The Kier molecular flexibility index (Phi) is 3.30. The summed E-state index contributed by atoms with van der Waals surface area (Å²) >= 11 is 9.54. The van der Waals surface area contributed by atoms with Gasteiger partial charge in [0.05, 0.1) is 11.0 Å². The van der Waals surface area contributed by atoms with Gasteiger partial charge in [-0.25, -0.2) is 4.98 Å². The van der Waals surface area contributed by atoms with Crippen molar-refractivity contribution in [2.24, 2.45) is 11.8 Å². The van der Waals surface area contributed by atoms with Gasteiger partial charge in [-0.15, -0.1) is 11.6 Å². The van der Waals surface area contributed by atoms with Crippen molar-refractivity contribution >= 4 is 38.6 Å². The summed E-state index contributed by atoms with van der Waals surface area (Å²) in [7, 11) is 0. The molecule has 20 heavy (non-hydrogen) atoms. The molecule has 2 aliphatic carbocycles. The number of halogens is 2. The fraction of sp³-hybridized carbons (Fsp3) is 0.562. The molecule has 2 saturated carbocycles. The van der Waals surface area contributed by atoms with Crippen LogP contribution in [0.3, 0.4) is 0 Å². The molecule has 0 amide bonds. The van der Waals surface area contributed by atoms with Gasteiger partial charge in [-0.05, 0) is 49.3 Å². The maximum absolute atomic E-state index is 5.99. The molecule has 0 N–H and O–H groups in total. The number of benzene rings is 1. The molecule has 2 aromatic rings. The minimum atomic E-state index is 0.644.